The number of halogens is 1. The number of carbonyl (C=O) groups is 1. The van der Waals surface area contributed by atoms with Crippen molar-refractivity contribution in [3.8, 4) is 0 Å². The number of nitrogens with zero attached hydrogens (tertiary/aromatic N) is 1. The van der Waals surface area contributed by atoms with Gasteiger partial charge in [0.05, 0.1) is 17.0 Å². The summed E-state index contributed by atoms with van der Waals surface area (Å²) in [5, 5.41) is 3.03. The topological polar surface area (TPSA) is 41.6 Å². The summed E-state index contributed by atoms with van der Waals surface area (Å²) in [5.74, 6) is 0.465. The monoisotopic (exact) mass is 316 g/mol. The lowest BCUT2D eigenvalue weighted by atomic mass is 10.1. The van der Waals surface area contributed by atoms with Gasteiger partial charge in [0.1, 0.15) is 0 Å². The highest BCUT2D eigenvalue weighted by molar-refractivity contribution is 7.16. The summed E-state index contributed by atoms with van der Waals surface area (Å²) in [5.41, 5.74) is 0. The maximum atomic E-state index is 12.3. The molecule has 2 rings (SSSR count). The zero-order valence-electron chi connectivity index (χ0n) is 11.9. The van der Waals surface area contributed by atoms with Gasteiger partial charge in [-0.15, -0.1) is 11.3 Å². The summed E-state index contributed by atoms with van der Waals surface area (Å²) >= 11 is 7.43. The fraction of sp³-hybridized carbons (Fsp3) is 0.643. The van der Waals surface area contributed by atoms with Crippen LogP contribution in [0.2, 0.25) is 4.34 Å². The van der Waals surface area contributed by atoms with Crippen molar-refractivity contribution < 1.29 is 9.53 Å². The van der Waals surface area contributed by atoms with Crippen LogP contribution in [0.4, 0.5) is 4.79 Å². The largest absolute Gasteiger partial charge is 0.381 e. The van der Waals surface area contributed by atoms with Gasteiger partial charge in [0.15, 0.2) is 0 Å². The summed E-state index contributed by atoms with van der Waals surface area (Å²) in [4.78, 5) is 15.2. The van der Waals surface area contributed by atoms with Crippen LogP contribution in [-0.2, 0) is 4.74 Å². The number of hydrogen-bond donors (Lipinski definition) is 1. The summed E-state index contributed by atoms with van der Waals surface area (Å²) in [6.45, 7) is 7.03. The average molecular weight is 317 g/mol. The van der Waals surface area contributed by atoms with Gasteiger partial charge in [-0.2, -0.15) is 0 Å². The number of ether oxygens (including phenoxy) is 1. The standard InChI is InChI=1S/C14H21ClN2O2S/c1-3-17(8-11-6-7-19-9-11)14(18)16-10(2)12-4-5-13(15)20-12/h4-5,10-11H,3,6-9H2,1-2H3,(H,16,18)/t10-,11+/m1/s1. The molecule has 1 aromatic rings. The fourth-order valence-corrected chi connectivity index (χ4v) is 3.37. The summed E-state index contributed by atoms with van der Waals surface area (Å²) in [6.07, 6.45) is 1.04. The number of thiophene rings is 1. The quantitative estimate of drug-likeness (QED) is 0.903. The van der Waals surface area contributed by atoms with Crippen molar-refractivity contribution in [2.75, 3.05) is 26.3 Å². The Morgan fingerprint density at radius 2 is 2.45 bits per heavy atom. The van der Waals surface area contributed by atoms with E-state index in [0.717, 1.165) is 35.4 Å². The highest BCUT2D eigenvalue weighted by atomic mass is 35.5. The number of nitrogens with one attached hydrogen (secondary N) is 1. The normalized spacial score (nSPS) is 19.9. The van der Waals surface area contributed by atoms with Crippen LogP contribution in [0.25, 0.3) is 0 Å². The number of amides is 2. The van der Waals surface area contributed by atoms with E-state index >= 15 is 0 Å². The molecule has 0 aliphatic carbocycles. The predicted molar refractivity (Wildman–Crippen MR) is 82.4 cm³/mol. The van der Waals surface area contributed by atoms with Gasteiger partial charge in [-0.05, 0) is 32.4 Å². The van der Waals surface area contributed by atoms with Gasteiger partial charge in [0, 0.05) is 30.5 Å². The van der Waals surface area contributed by atoms with Crippen LogP contribution in [0.1, 0.15) is 31.2 Å². The highest BCUT2D eigenvalue weighted by Gasteiger charge is 2.22. The molecule has 2 heterocycles. The Hall–Kier alpha value is -0.780. The van der Waals surface area contributed by atoms with E-state index in [-0.39, 0.29) is 12.1 Å². The first-order valence-electron chi connectivity index (χ1n) is 6.98. The Kier molecular flexibility index (Phi) is 5.69. The van der Waals surface area contributed by atoms with E-state index in [9.17, 15) is 4.79 Å². The van der Waals surface area contributed by atoms with E-state index in [1.807, 2.05) is 30.9 Å². The van der Waals surface area contributed by atoms with Gasteiger partial charge >= 0.3 is 6.03 Å². The molecule has 2 atom stereocenters. The van der Waals surface area contributed by atoms with Gasteiger partial charge in [0.2, 0.25) is 0 Å². The number of carbonyl (C=O) groups excluding carboxylic acids is 1. The Labute approximate surface area is 129 Å². The van der Waals surface area contributed by atoms with Crippen LogP contribution in [0.3, 0.4) is 0 Å². The van der Waals surface area contributed by atoms with E-state index < -0.39 is 0 Å². The van der Waals surface area contributed by atoms with Crippen molar-refractivity contribution in [3.63, 3.8) is 0 Å². The highest BCUT2D eigenvalue weighted by Crippen LogP contribution is 2.26. The third-order valence-corrected chi connectivity index (χ3v) is 4.95. The minimum Gasteiger partial charge on any atom is -0.381 e. The zero-order chi connectivity index (χ0) is 14.5. The van der Waals surface area contributed by atoms with Crippen molar-refractivity contribution in [2.24, 2.45) is 5.92 Å². The van der Waals surface area contributed by atoms with E-state index in [1.165, 1.54) is 11.3 Å². The predicted octanol–water partition coefficient (Wildman–Crippen LogP) is 3.53. The molecule has 0 saturated carbocycles. The van der Waals surface area contributed by atoms with Crippen LogP contribution in [0, 0.1) is 5.92 Å². The summed E-state index contributed by atoms with van der Waals surface area (Å²) < 4.78 is 6.11. The molecule has 1 fully saturated rings. The smallest absolute Gasteiger partial charge is 0.317 e. The Balaban J connectivity index is 1.87. The first-order valence-corrected chi connectivity index (χ1v) is 8.18. The number of urea groups is 1. The molecule has 0 spiro atoms. The first-order chi connectivity index (χ1) is 9.60. The SMILES string of the molecule is CCN(C[C@@H]1CCOC1)C(=O)N[C@H](C)c1ccc(Cl)s1. The lowest BCUT2D eigenvalue weighted by Gasteiger charge is -2.25. The van der Waals surface area contributed by atoms with Gasteiger partial charge in [-0.1, -0.05) is 11.6 Å². The Morgan fingerprint density at radius 3 is 3.00 bits per heavy atom. The van der Waals surface area contributed by atoms with Gasteiger partial charge in [0.25, 0.3) is 0 Å². The minimum atomic E-state index is -0.0196. The molecule has 0 bridgehead atoms. The molecular weight excluding hydrogens is 296 g/mol. The summed E-state index contributed by atoms with van der Waals surface area (Å²) in [6, 6.07) is 3.78. The average Bonchev–Trinajstić information content (AvgIpc) is 3.06. The number of hydrogen-bond acceptors (Lipinski definition) is 3. The van der Waals surface area contributed by atoms with Crippen molar-refractivity contribution in [2.45, 2.75) is 26.3 Å². The van der Waals surface area contributed by atoms with Crippen molar-refractivity contribution in [3.05, 3.63) is 21.3 Å². The molecule has 112 valence electrons. The second-order valence-corrected chi connectivity index (χ2v) is 6.83. The molecule has 6 heteroatoms. The van der Waals surface area contributed by atoms with Crippen molar-refractivity contribution in [1.29, 1.82) is 0 Å². The van der Waals surface area contributed by atoms with Gasteiger partial charge < -0.3 is 15.0 Å². The van der Waals surface area contributed by atoms with Crippen LogP contribution in [0.15, 0.2) is 12.1 Å². The Bertz CT molecular complexity index is 446. The third-order valence-electron chi connectivity index (χ3n) is 3.53. The molecule has 4 nitrogen and oxygen atoms in total. The van der Waals surface area contributed by atoms with E-state index in [1.54, 1.807) is 0 Å². The third kappa shape index (κ3) is 4.11. The molecule has 1 aliphatic heterocycles. The molecule has 2 amide bonds. The maximum Gasteiger partial charge on any atom is 0.317 e. The molecule has 1 aromatic heterocycles. The second-order valence-electron chi connectivity index (χ2n) is 5.08. The second kappa shape index (κ2) is 7.29. The van der Waals surface area contributed by atoms with Crippen LogP contribution < -0.4 is 5.32 Å². The minimum absolute atomic E-state index is 0.0172. The summed E-state index contributed by atoms with van der Waals surface area (Å²) in [7, 11) is 0. The van der Waals surface area contributed by atoms with Crippen LogP contribution >= 0.6 is 22.9 Å². The lowest BCUT2D eigenvalue weighted by Crippen LogP contribution is -2.43. The molecule has 0 radical (unpaired) electrons. The van der Waals surface area contributed by atoms with Gasteiger partial charge in [-0.25, -0.2) is 4.79 Å². The van der Waals surface area contributed by atoms with Crippen LogP contribution in [-0.4, -0.2) is 37.2 Å². The molecule has 20 heavy (non-hydrogen) atoms. The van der Waals surface area contributed by atoms with Crippen LogP contribution in [0.5, 0.6) is 0 Å². The molecule has 1 N–H and O–H groups in total. The molecular formula is C14H21ClN2O2S. The van der Waals surface area contributed by atoms with Crippen molar-refractivity contribution in [1.82, 2.24) is 10.2 Å². The molecule has 0 unspecified atom stereocenters. The van der Waals surface area contributed by atoms with Crippen molar-refractivity contribution >= 4 is 29.0 Å². The number of rotatable bonds is 5. The van der Waals surface area contributed by atoms with Gasteiger partial charge in [-0.3, -0.25) is 0 Å². The first kappa shape index (κ1) is 15.6. The maximum absolute atomic E-state index is 12.3. The van der Waals surface area contributed by atoms with E-state index in [0.29, 0.717) is 12.5 Å². The zero-order valence-corrected chi connectivity index (χ0v) is 13.5. The molecule has 1 saturated heterocycles. The fourth-order valence-electron chi connectivity index (χ4n) is 2.30. The molecule has 1 aliphatic rings. The van der Waals surface area contributed by atoms with E-state index in [4.69, 9.17) is 16.3 Å². The van der Waals surface area contributed by atoms with E-state index in [2.05, 4.69) is 5.32 Å². The lowest BCUT2D eigenvalue weighted by molar-refractivity contribution is 0.165. The Morgan fingerprint density at radius 1 is 1.65 bits per heavy atom. The molecule has 0 aromatic carbocycles.